The van der Waals surface area contributed by atoms with Crippen molar-refractivity contribution in [2.75, 3.05) is 7.11 Å². The largest absolute Gasteiger partial charge is 0.469 e. The highest BCUT2D eigenvalue weighted by Crippen LogP contribution is 2.23. The molecular formula is C16H15N3O3S. The second-order valence-corrected chi connectivity index (χ2v) is 5.89. The number of hydrogen-bond acceptors (Lipinski definition) is 5. The number of nitrogens with zero attached hydrogens (tertiary/aromatic N) is 2. The lowest BCUT2D eigenvalue weighted by Gasteiger charge is -2.15. The molecule has 0 spiro atoms. The molecule has 0 aliphatic rings. The summed E-state index contributed by atoms with van der Waals surface area (Å²) in [4.78, 5) is 29.2. The van der Waals surface area contributed by atoms with E-state index in [1.165, 1.54) is 18.4 Å². The molecule has 1 atom stereocenters. The van der Waals surface area contributed by atoms with Crippen molar-refractivity contribution >= 4 is 28.9 Å². The molecule has 1 amide bonds. The zero-order valence-electron chi connectivity index (χ0n) is 12.4. The normalized spacial score (nSPS) is 12.0. The molecular weight excluding hydrogens is 314 g/mol. The molecule has 0 radical (unpaired) electrons. The molecule has 0 saturated carbocycles. The Bertz CT molecular complexity index is 793. The van der Waals surface area contributed by atoms with Crippen LogP contribution in [0.4, 0.5) is 0 Å². The van der Waals surface area contributed by atoms with Gasteiger partial charge in [-0.2, -0.15) is 0 Å². The summed E-state index contributed by atoms with van der Waals surface area (Å²) in [6.45, 7) is 0. The number of rotatable bonds is 5. The van der Waals surface area contributed by atoms with Crippen LogP contribution >= 0.6 is 11.3 Å². The summed E-state index contributed by atoms with van der Waals surface area (Å²) in [7, 11) is 1.33. The van der Waals surface area contributed by atoms with Gasteiger partial charge in [0.2, 0.25) is 0 Å². The van der Waals surface area contributed by atoms with Crippen LogP contribution in [-0.4, -0.2) is 28.4 Å². The number of imidazole rings is 1. The standard InChI is InChI=1S/C16H15N3O3S/c1-22-15(20)9-11(13-5-4-8-23-13)18-16(21)12-10-19-7-3-2-6-14(19)17-12/h2-8,10-11H,9H2,1H3,(H,18,21). The van der Waals surface area contributed by atoms with Gasteiger partial charge in [0.1, 0.15) is 11.3 Å². The fourth-order valence-electron chi connectivity index (χ4n) is 2.24. The van der Waals surface area contributed by atoms with Crippen molar-refractivity contribution in [2.45, 2.75) is 12.5 Å². The number of carbonyl (C=O) groups is 2. The van der Waals surface area contributed by atoms with Gasteiger partial charge in [-0.3, -0.25) is 9.59 Å². The molecule has 7 heteroatoms. The lowest BCUT2D eigenvalue weighted by molar-refractivity contribution is -0.141. The zero-order chi connectivity index (χ0) is 16.2. The van der Waals surface area contributed by atoms with Gasteiger partial charge in [-0.05, 0) is 23.6 Å². The molecule has 3 aromatic rings. The molecule has 0 aliphatic heterocycles. The summed E-state index contributed by atoms with van der Waals surface area (Å²) < 4.78 is 6.48. The second-order valence-electron chi connectivity index (χ2n) is 4.91. The van der Waals surface area contributed by atoms with Crippen molar-refractivity contribution < 1.29 is 14.3 Å². The third-order valence-electron chi connectivity index (χ3n) is 3.39. The Hall–Kier alpha value is -2.67. The third kappa shape index (κ3) is 3.40. The van der Waals surface area contributed by atoms with E-state index in [4.69, 9.17) is 4.74 Å². The number of nitrogens with one attached hydrogen (secondary N) is 1. The quantitative estimate of drug-likeness (QED) is 0.730. The van der Waals surface area contributed by atoms with Crippen LogP contribution in [0.3, 0.4) is 0 Å². The number of esters is 1. The Morgan fingerprint density at radius 2 is 2.22 bits per heavy atom. The van der Waals surface area contributed by atoms with E-state index in [2.05, 4.69) is 10.3 Å². The minimum atomic E-state index is -0.431. The second kappa shape index (κ2) is 6.62. The first kappa shape index (κ1) is 15.2. The van der Waals surface area contributed by atoms with Crippen molar-refractivity contribution in [1.29, 1.82) is 0 Å². The maximum atomic E-state index is 12.5. The molecule has 0 saturated heterocycles. The summed E-state index contributed by atoms with van der Waals surface area (Å²) >= 11 is 1.48. The highest BCUT2D eigenvalue weighted by molar-refractivity contribution is 7.10. The van der Waals surface area contributed by atoms with E-state index in [-0.39, 0.29) is 18.3 Å². The highest BCUT2D eigenvalue weighted by atomic mass is 32.1. The number of aromatic nitrogens is 2. The molecule has 23 heavy (non-hydrogen) atoms. The smallest absolute Gasteiger partial charge is 0.307 e. The van der Waals surface area contributed by atoms with E-state index in [9.17, 15) is 9.59 Å². The Morgan fingerprint density at radius 1 is 1.35 bits per heavy atom. The van der Waals surface area contributed by atoms with Gasteiger partial charge in [-0.25, -0.2) is 4.98 Å². The van der Waals surface area contributed by atoms with Crippen LogP contribution in [0.15, 0.2) is 48.1 Å². The van der Waals surface area contributed by atoms with E-state index < -0.39 is 6.04 Å². The molecule has 0 bridgehead atoms. The number of hydrogen-bond donors (Lipinski definition) is 1. The van der Waals surface area contributed by atoms with Crippen molar-refractivity contribution in [2.24, 2.45) is 0 Å². The Morgan fingerprint density at radius 3 is 2.91 bits per heavy atom. The van der Waals surface area contributed by atoms with Crippen molar-refractivity contribution in [3.8, 4) is 0 Å². The molecule has 118 valence electrons. The van der Waals surface area contributed by atoms with Crippen molar-refractivity contribution in [3.05, 3.63) is 58.7 Å². The summed E-state index contributed by atoms with van der Waals surface area (Å²) in [6, 6.07) is 8.86. The molecule has 0 aliphatic carbocycles. The molecule has 3 heterocycles. The van der Waals surface area contributed by atoms with Gasteiger partial charge in [0.15, 0.2) is 0 Å². The number of methoxy groups -OCH3 is 1. The first-order valence-corrected chi connectivity index (χ1v) is 7.90. The maximum absolute atomic E-state index is 12.5. The molecule has 0 fully saturated rings. The highest BCUT2D eigenvalue weighted by Gasteiger charge is 2.21. The molecule has 1 N–H and O–H groups in total. The van der Waals surface area contributed by atoms with Gasteiger partial charge in [-0.1, -0.05) is 12.1 Å². The summed E-state index contributed by atoms with van der Waals surface area (Å²) in [6.07, 6.45) is 3.56. The summed E-state index contributed by atoms with van der Waals surface area (Å²) in [5, 5.41) is 4.76. The number of thiophene rings is 1. The maximum Gasteiger partial charge on any atom is 0.307 e. The number of fused-ring (bicyclic) bond motifs is 1. The Kier molecular flexibility index (Phi) is 4.38. The summed E-state index contributed by atoms with van der Waals surface area (Å²) in [5.41, 5.74) is 1.00. The minimum Gasteiger partial charge on any atom is -0.469 e. The van der Waals surface area contributed by atoms with Crippen LogP contribution in [-0.2, 0) is 9.53 Å². The van der Waals surface area contributed by atoms with E-state index in [0.717, 1.165) is 4.88 Å². The Labute approximate surface area is 136 Å². The number of ether oxygens (including phenoxy) is 1. The average Bonchev–Trinajstić information content (AvgIpc) is 3.23. The topological polar surface area (TPSA) is 72.7 Å². The van der Waals surface area contributed by atoms with Gasteiger partial charge in [0.05, 0.1) is 19.6 Å². The fraction of sp³-hybridized carbons (Fsp3) is 0.188. The monoisotopic (exact) mass is 329 g/mol. The first-order valence-electron chi connectivity index (χ1n) is 7.02. The zero-order valence-corrected chi connectivity index (χ0v) is 13.2. The van der Waals surface area contributed by atoms with Gasteiger partial charge in [0.25, 0.3) is 5.91 Å². The molecule has 3 rings (SSSR count). The minimum absolute atomic E-state index is 0.0795. The van der Waals surface area contributed by atoms with E-state index in [1.54, 1.807) is 10.6 Å². The molecule has 6 nitrogen and oxygen atoms in total. The van der Waals surface area contributed by atoms with Crippen molar-refractivity contribution in [3.63, 3.8) is 0 Å². The van der Waals surface area contributed by atoms with Gasteiger partial charge >= 0.3 is 5.97 Å². The van der Waals surface area contributed by atoms with E-state index in [0.29, 0.717) is 11.3 Å². The predicted octanol–water partition coefficient (Wildman–Crippen LogP) is 2.43. The van der Waals surface area contributed by atoms with Gasteiger partial charge in [-0.15, -0.1) is 11.3 Å². The SMILES string of the molecule is COC(=O)CC(NC(=O)c1cn2ccccc2n1)c1cccs1. The van der Waals surface area contributed by atoms with E-state index >= 15 is 0 Å². The van der Waals surface area contributed by atoms with Gasteiger partial charge in [0, 0.05) is 17.3 Å². The fourth-order valence-corrected chi connectivity index (χ4v) is 3.02. The molecule has 0 aromatic carbocycles. The van der Waals surface area contributed by atoms with Crippen LogP contribution in [0, 0.1) is 0 Å². The Balaban J connectivity index is 1.81. The molecule has 3 aromatic heterocycles. The van der Waals surface area contributed by atoms with E-state index in [1.807, 2.05) is 41.9 Å². The van der Waals surface area contributed by atoms with Crippen LogP contribution in [0.2, 0.25) is 0 Å². The number of pyridine rings is 1. The van der Waals surface area contributed by atoms with Crippen LogP contribution in [0.25, 0.3) is 5.65 Å². The van der Waals surface area contributed by atoms with Gasteiger partial charge < -0.3 is 14.5 Å². The third-order valence-corrected chi connectivity index (χ3v) is 4.37. The number of carbonyl (C=O) groups excluding carboxylic acids is 2. The summed E-state index contributed by atoms with van der Waals surface area (Å²) in [5.74, 6) is -0.699. The number of amides is 1. The van der Waals surface area contributed by atoms with Crippen LogP contribution < -0.4 is 5.32 Å². The lowest BCUT2D eigenvalue weighted by atomic mass is 10.1. The average molecular weight is 329 g/mol. The van der Waals surface area contributed by atoms with Crippen LogP contribution in [0.5, 0.6) is 0 Å². The lowest BCUT2D eigenvalue weighted by Crippen LogP contribution is -2.30. The first-order chi connectivity index (χ1) is 11.2. The van der Waals surface area contributed by atoms with Crippen molar-refractivity contribution in [1.82, 2.24) is 14.7 Å². The molecule has 1 unspecified atom stereocenters. The van der Waals surface area contributed by atoms with Crippen LogP contribution in [0.1, 0.15) is 27.8 Å². The predicted molar refractivity (Wildman–Crippen MR) is 86.4 cm³/mol.